The van der Waals surface area contributed by atoms with Crippen molar-refractivity contribution in [3.8, 4) is 11.5 Å². The quantitative estimate of drug-likeness (QED) is 0.729. The average molecular weight is 340 g/mol. The molecule has 0 spiro atoms. The van der Waals surface area contributed by atoms with Crippen molar-refractivity contribution >= 4 is 5.91 Å². The third kappa shape index (κ3) is 2.97. The number of carbonyl (C=O) groups is 1. The van der Waals surface area contributed by atoms with Crippen LogP contribution in [0.1, 0.15) is 42.1 Å². The van der Waals surface area contributed by atoms with Crippen LogP contribution in [0.15, 0.2) is 45.8 Å². The maximum Gasteiger partial charge on any atom is 0.276 e. The SMILES string of the molecule is CCc1nccn1[C@H]1CCCN(C(=O)c2cc(-c3ccco3)on2)C1. The number of imidazole rings is 1. The highest BCUT2D eigenvalue weighted by Gasteiger charge is 2.28. The Morgan fingerprint density at radius 1 is 1.40 bits per heavy atom. The Labute approximate surface area is 145 Å². The first-order valence-corrected chi connectivity index (χ1v) is 8.58. The van der Waals surface area contributed by atoms with E-state index in [1.54, 1.807) is 24.5 Å². The Morgan fingerprint density at radius 2 is 2.32 bits per heavy atom. The van der Waals surface area contributed by atoms with Gasteiger partial charge in [-0.1, -0.05) is 12.1 Å². The van der Waals surface area contributed by atoms with Gasteiger partial charge in [0.05, 0.1) is 12.3 Å². The molecule has 0 saturated carbocycles. The standard InChI is InChI=1S/C18H20N4O3/c1-2-17-19-7-9-22(17)13-5-3-8-21(12-13)18(23)14-11-16(25-20-14)15-6-4-10-24-15/h4,6-7,9-11,13H,2-3,5,8,12H2,1H3/t13-/m0/s1. The zero-order valence-corrected chi connectivity index (χ0v) is 14.1. The lowest BCUT2D eigenvalue weighted by Gasteiger charge is -2.33. The Hall–Kier alpha value is -2.83. The van der Waals surface area contributed by atoms with Gasteiger partial charge in [0.25, 0.3) is 5.91 Å². The minimum atomic E-state index is -0.107. The van der Waals surface area contributed by atoms with Gasteiger partial charge < -0.3 is 18.4 Å². The number of rotatable bonds is 4. The van der Waals surface area contributed by atoms with Gasteiger partial charge in [-0.25, -0.2) is 4.98 Å². The number of amides is 1. The lowest BCUT2D eigenvalue weighted by molar-refractivity contribution is 0.0667. The second-order valence-electron chi connectivity index (χ2n) is 6.21. The summed E-state index contributed by atoms with van der Waals surface area (Å²) in [5.41, 5.74) is 0.313. The van der Waals surface area contributed by atoms with Crippen LogP contribution < -0.4 is 0 Å². The van der Waals surface area contributed by atoms with Crippen molar-refractivity contribution in [3.05, 3.63) is 48.4 Å². The number of piperidine rings is 1. The summed E-state index contributed by atoms with van der Waals surface area (Å²) in [5, 5.41) is 3.92. The summed E-state index contributed by atoms with van der Waals surface area (Å²) in [6.45, 7) is 3.48. The minimum absolute atomic E-state index is 0.107. The molecule has 25 heavy (non-hydrogen) atoms. The van der Waals surface area contributed by atoms with Crippen molar-refractivity contribution in [3.63, 3.8) is 0 Å². The number of likely N-dealkylation sites (tertiary alicyclic amines) is 1. The summed E-state index contributed by atoms with van der Waals surface area (Å²) in [4.78, 5) is 19.0. The molecule has 7 nitrogen and oxygen atoms in total. The van der Waals surface area contributed by atoms with Crippen molar-refractivity contribution in [2.24, 2.45) is 0 Å². The first kappa shape index (κ1) is 15.7. The van der Waals surface area contributed by atoms with Gasteiger partial charge in [0.2, 0.25) is 5.76 Å². The fourth-order valence-corrected chi connectivity index (χ4v) is 3.39. The van der Waals surface area contributed by atoms with Crippen LogP contribution in [0.5, 0.6) is 0 Å². The molecule has 4 rings (SSSR count). The van der Waals surface area contributed by atoms with Gasteiger partial charge in [-0.2, -0.15) is 0 Å². The third-order valence-electron chi connectivity index (χ3n) is 4.64. The molecule has 4 heterocycles. The summed E-state index contributed by atoms with van der Waals surface area (Å²) in [7, 11) is 0. The Kier molecular flexibility index (Phi) is 4.13. The van der Waals surface area contributed by atoms with E-state index in [-0.39, 0.29) is 11.9 Å². The van der Waals surface area contributed by atoms with Crippen LogP contribution in [0, 0.1) is 0 Å². The molecule has 1 atom stereocenters. The highest BCUT2D eigenvalue weighted by Crippen LogP contribution is 2.26. The van der Waals surface area contributed by atoms with Crippen LogP contribution in [0.2, 0.25) is 0 Å². The van der Waals surface area contributed by atoms with Crippen LogP contribution in [-0.4, -0.2) is 38.6 Å². The molecular formula is C18H20N4O3. The van der Waals surface area contributed by atoms with Crippen LogP contribution in [0.4, 0.5) is 0 Å². The molecule has 0 radical (unpaired) electrons. The van der Waals surface area contributed by atoms with E-state index in [1.165, 1.54) is 0 Å². The molecule has 1 fully saturated rings. The Balaban J connectivity index is 1.50. The molecule has 0 aromatic carbocycles. The van der Waals surface area contributed by atoms with Crippen LogP contribution in [0.25, 0.3) is 11.5 Å². The second kappa shape index (κ2) is 6.58. The molecular weight excluding hydrogens is 320 g/mol. The molecule has 0 aliphatic carbocycles. The number of hydrogen-bond acceptors (Lipinski definition) is 5. The van der Waals surface area contributed by atoms with Gasteiger partial charge in [0, 0.05) is 38.0 Å². The van der Waals surface area contributed by atoms with Crippen LogP contribution in [-0.2, 0) is 6.42 Å². The van der Waals surface area contributed by atoms with Gasteiger partial charge in [-0.15, -0.1) is 0 Å². The largest absolute Gasteiger partial charge is 0.461 e. The van der Waals surface area contributed by atoms with E-state index in [0.717, 1.165) is 31.6 Å². The molecule has 0 bridgehead atoms. The fraction of sp³-hybridized carbons (Fsp3) is 0.389. The van der Waals surface area contributed by atoms with Crippen LogP contribution >= 0.6 is 0 Å². The van der Waals surface area contributed by atoms with Crippen molar-refractivity contribution in [2.75, 3.05) is 13.1 Å². The third-order valence-corrected chi connectivity index (χ3v) is 4.64. The summed E-state index contributed by atoms with van der Waals surface area (Å²) in [6.07, 6.45) is 8.28. The molecule has 1 saturated heterocycles. The predicted octanol–water partition coefficient (Wildman–Crippen LogP) is 3.17. The molecule has 130 valence electrons. The maximum absolute atomic E-state index is 12.8. The maximum atomic E-state index is 12.8. The highest BCUT2D eigenvalue weighted by molar-refractivity contribution is 5.93. The predicted molar refractivity (Wildman–Crippen MR) is 90.0 cm³/mol. The van der Waals surface area contributed by atoms with Gasteiger partial charge in [-0.3, -0.25) is 4.79 Å². The van der Waals surface area contributed by atoms with Gasteiger partial charge in [-0.05, 0) is 25.0 Å². The minimum Gasteiger partial charge on any atom is -0.461 e. The van der Waals surface area contributed by atoms with E-state index in [2.05, 4.69) is 21.6 Å². The van der Waals surface area contributed by atoms with E-state index in [1.807, 2.05) is 17.3 Å². The fourth-order valence-electron chi connectivity index (χ4n) is 3.39. The number of nitrogens with zero attached hydrogens (tertiary/aromatic N) is 4. The number of carbonyl (C=O) groups excluding carboxylic acids is 1. The molecule has 3 aromatic heterocycles. The number of furan rings is 1. The van der Waals surface area contributed by atoms with Crippen molar-refractivity contribution < 1.29 is 13.7 Å². The van der Waals surface area contributed by atoms with E-state index >= 15 is 0 Å². The van der Waals surface area contributed by atoms with Gasteiger partial charge >= 0.3 is 0 Å². The summed E-state index contributed by atoms with van der Waals surface area (Å²) >= 11 is 0. The molecule has 3 aromatic rings. The zero-order chi connectivity index (χ0) is 17.2. The topological polar surface area (TPSA) is 77.3 Å². The molecule has 7 heteroatoms. The Morgan fingerprint density at radius 3 is 3.12 bits per heavy atom. The van der Waals surface area contributed by atoms with E-state index in [0.29, 0.717) is 23.8 Å². The highest BCUT2D eigenvalue weighted by atomic mass is 16.5. The first-order valence-electron chi connectivity index (χ1n) is 8.58. The molecule has 1 aliphatic heterocycles. The van der Waals surface area contributed by atoms with E-state index in [4.69, 9.17) is 8.94 Å². The van der Waals surface area contributed by atoms with E-state index in [9.17, 15) is 4.79 Å². The lowest BCUT2D eigenvalue weighted by atomic mass is 10.0. The average Bonchev–Trinajstić information content (AvgIpc) is 3.41. The molecule has 1 aliphatic rings. The van der Waals surface area contributed by atoms with Crippen LogP contribution in [0.3, 0.4) is 0 Å². The molecule has 1 amide bonds. The van der Waals surface area contributed by atoms with Gasteiger partial charge in [0.1, 0.15) is 5.82 Å². The summed E-state index contributed by atoms with van der Waals surface area (Å²) in [6, 6.07) is 5.44. The summed E-state index contributed by atoms with van der Waals surface area (Å²) in [5.74, 6) is 1.98. The monoisotopic (exact) mass is 340 g/mol. The zero-order valence-electron chi connectivity index (χ0n) is 14.1. The molecule has 0 N–H and O–H groups in total. The normalized spacial score (nSPS) is 17.8. The Bertz CT molecular complexity index is 849. The number of aryl methyl sites for hydroxylation is 1. The summed E-state index contributed by atoms with van der Waals surface area (Å²) < 4.78 is 12.7. The first-order chi connectivity index (χ1) is 12.3. The van der Waals surface area contributed by atoms with E-state index < -0.39 is 0 Å². The molecule has 0 unspecified atom stereocenters. The number of aromatic nitrogens is 3. The second-order valence-corrected chi connectivity index (χ2v) is 6.21. The van der Waals surface area contributed by atoms with Crippen molar-refractivity contribution in [1.82, 2.24) is 19.6 Å². The smallest absolute Gasteiger partial charge is 0.276 e. The van der Waals surface area contributed by atoms with Gasteiger partial charge in [0.15, 0.2) is 11.5 Å². The van der Waals surface area contributed by atoms with Crippen molar-refractivity contribution in [2.45, 2.75) is 32.2 Å². The number of hydrogen-bond donors (Lipinski definition) is 0. The lowest BCUT2D eigenvalue weighted by Crippen LogP contribution is -2.41. The van der Waals surface area contributed by atoms with Crippen molar-refractivity contribution in [1.29, 1.82) is 0 Å².